The van der Waals surface area contributed by atoms with E-state index in [2.05, 4.69) is 35.1 Å². The minimum Gasteiger partial charge on any atom is -0.349 e. The van der Waals surface area contributed by atoms with Crippen molar-refractivity contribution in [3.8, 4) is 0 Å². The maximum absolute atomic E-state index is 12.1. The Bertz CT molecular complexity index is 423. The van der Waals surface area contributed by atoms with Crippen molar-refractivity contribution < 1.29 is 4.79 Å². The summed E-state index contributed by atoms with van der Waals surface area (Å²) in [5, 5.41) is 3.42. The van der Waals surface area contributed by atoms with Gasteiger partial charge in [0.25, 0.3) is 5.91 Å². The predicted octanol–water partition coefficient (Wildman–Crippen LogP) is 4.49. The summed E-state index contributed by atoms with van der Waals surface area (Å²) < 4.78 is 0.829. The molecule has 0 bridgehead atoms. The van der Waals surface area contributed by atoms with E-state index in [1.54, 1.807) is 18.2 Å². The molecule has 0 aliphatic rings. The number of halogens is 3. The van der Waals surface area contributed by atoms with Crippen LogP contribution in [0.25, 0.3) is 0 Å². The normalized spacial score (nSPS) is 12.6. The van der Waals surface area contributed by atoms with Crippen LogP contribution in [0.5, 0.6) is 0 Å². The van der Waals surface area contributed by atoms with E-state index in [0.717, 1.165) is 10.9 Å². The van der Waals surface area contributed by atoms with Gasteiger partial charge in [0.05, 0.1) is 10.6 Å². The third kappa shape index (κ3) is 4.45. The van der Waals surface area contributed by atoms with E-state index in [0.29, 0.717) is 22.4 Å². The summed E-state index contributed by atoms with van der Waals surface area (Å²) in [6, 6.07) is 5.28. The number of carbonyl (C=O) groups excluding carboxylic acids is 1. The van der Waals surface area contributed by atoms with Gasteiger partial charge in [-0.2, -0.15) is 0 Å². The van der Waals surface area contributed by atoms with Gasteiger partial charge in [-0.1, -0.05) is 41.4 Å². The van der Waals surface area contributed by atoms with Crippen molar-refractivity contribution >= 4 is 45.0 Å². The van der Waals surface area contributed by atoms with Crippen molar-refractivity contribution in [2.24, 2.45) is 5.92 Å². The van der Waals surface area contributed by atoms with Crippen LogP contribution in [0, 0.1) is 5.92 Å². The summed E-state index contributed by atoms with van der Waals surface area (Å²) in [5.41, 5.74) is 0.478. The van der Waals surface area contributed by atoms with E-state index in [1.165, 1.54) is 0 Å². The number of hydrogen-bond acceptors (Lipinski definition) is 1. The third-order valence-electron chi connectivity index (χ3n) is 2.71. The topological polar surface area (TPSA) is 29.1 Å². The number of rotatable bonds is 5. The second-order valence-electron chi connectivity index (χ2n) is 4.43. The zero-order valence-corrected chi connectivity index (χ0v) is 13.4. The van der Waals surface area contributed by atoms with Crippen LogP contribution in [0.1, 0.15) is 30.6 Å². The first-order valence-corrected chi connectivity index (χ1v) is 7.48. The van der Waals surface area contributed by atoms with Gasteiger partial charge < -0.3 is 5.32 Å². The average molecular weight is 353 g/mol. The van der Waals surface area contributed by atoms with Gasteiger partial charge in [-0.05, 0) is 30.5 Å². The molecule has 0 spiro atoms. The molecule has 0 aliphatic carbocycles. The summed E-state index contributed by atoms with van der Waals surface area (Å²) in [7, 11) is 0. The molecule has 1 amide bonds. The molecule has 0 radical (unpaired) electrons. The van der Waals surface area contributed by atoms with Crippen LogP contribution in [-0.4, -0.2) is 17.8 Å². The van der Waals surface area contributed by atoms with Crippen molar-refractivity contribution in [1.29, 1.82) is 0 Å². The molecule has 1 aromatic carbocycles. The van der Waals surface area contributed by atoms with E-state index in [1.807, 2.05) is 0 Å². The van der Waals surface area contributed by atoms with Crippen LogP contribution >= 0.6 is 39.1 Å². The Kier molecular flexibility index (Phi) is 6.47. The second-order valence-corrected chi connectivity index (χ2v) is 6.13. The zero-order valence-electron chi connectivity index (χ0n) is 10.3. The highest BCUT2D eigenvalue weighted by atomic mass is 79.9. The van der Waals surface area contributed by atoms with E-state index in [9.17, 15) is 4.79 Å². The van der Waals surface area contributed by atoms with E-state index >= 15 is 0 Å². The Morgan fingerprint density at radius 1 is 1.44 bits per heavy atom. The Labute approximate surface area is 126 Å². The molecule has 1 aromatic rings. The smallest absolute Gasteiger partial charge is 0.253 e. The van der Waals surface area contributed by atoms with Crippen LogP contribution in [0.15, 0.2) is 22.7 Å². The SMILES string of the molecule is CC(C)C(CCCl)NC(=O)c1cc(Br)ccc1Cl. The first-order chi connectivity index (χ1) is 8.45. The average Bonchev–Trinajstić information content (AvgIpc) is 2.31. The maximum atomic E-state index is 12.1. The van der Waals surface area contributed by atoms with Crippen LogP contribution in [0.3, 0.4) is 0 Å². The van der Waals surface area contributed by atoms with Gasteiger partial charge in [-0.25, -0.2) is 0 Å². The molecule has 1 atom stereocenters. The van der Waals surface area contributed by atoms with Crippen LogP contribution in [-0.2, 0) is 0 Å². The monoisotopic (exact) mass is 351 g/mol. The van der Waals surface area contributed by atoms with Gasteiger partial charge in [-0.15, -0.1) is 11.6 Å². The zero-order chi connectivity index (χ0) is 13.7. The summed E-state index contributed by atoms with van der Waals surface area (Å²) in [5.74, 6) is 0.693. The fourth-order valence-electron chi connectivity index (χ4n) is 1.61. The number of carbonyl (C=O) groups is 1. The Hall–Kier alpha value is -0.250. The maximum Gasteiger partial charge on any atom is 0.253 e. The summed E-state index contributed by atoms with van der Waals surface area (Å²) in [6.07, 6.45) is 0.747. The lowest BCUT2D eigenvalue weighted by atomic mass is 10.0. The first kappa shape index (κ1) is 15.8. The molecule has 1 unspecified atom stereocenters. The minimum atomic E-state index is -0.162. The van der Waals surface area contributed by atoms with Crippen LogP contribution in [0.2, 0.25) is 5.02 Å². The minimum absolute atomic E-state index is 0.0602. The number of nitrogens with one attached hydrogen (secondary N) is 1. The lowest BCUT2D eigenvalue weighted by molar-refractivity contribution is 0.0925. The quantitative estimate of drug-likeness (QED) is 0.777. The van der Waals surface area contributed by atoms with Crippen molar-refractivity contribution in [3.05, 3.63) is 33.3 Å². The molecule has 1 rings (SSSR count). The third-order valence-corrected chi connectivity index (χ3v) is 3.76. The highest BCUT2D eigenvalue weighted by Crippen LogP contribution is 2.21. The molecule has 0 saturated carbocycles. The van der Waals surface area contributed by atoms with Gasteiger partial charge in [0, 0.05) is 16.4 Å². The molecule has 18 heavy (non-hydrogen) atoms. The predicted molar refractivity (Wildman–Crippen MR) is 80.6 cm³/mol. The van der Waals surface area contributed by atoms with Crippen molar-refractivity contribution in [3.63, 3.8) is 0 Å². The fraction of sp³-hybridized carbons (Fsp3) is 0.462. The Morgan fingerprint density at radius 2 is 2.11 bits per heavy atom. The van der Waals surface area contributed by atoms with Crippen LogP contribution < -0.4 is 5.32 Å². The molecule has 0 heterocycles. The van der Waals surface area contributed by atoms with Crippen LogP contribution in [0.4, 0.5) is 0 Å². The molecule has 5 heteroatoms. The standard InChI is InChI=1S/C13H16BrCl2NO/c1-8(2)12(5-6-15)17-13(18)10-7-9(14)3-4-11(10)16/h3-4,7-8,12H,5-6H2,1-2H3,(H,17,18). The van der Waals surface area contributed by atoms with Crippen molar-refractivity contribution in [2.75, 3.05) is 5.88 Å². The highest BCUT2D eigenvalue weighted by Gasteiger charge is 2.18. The molecular formula is C13H16BrCl2NO. The van der Waals surface area contributed by atoms with Gasteiger partial charge in [0.15, 0.2) is 0 Å². The molecule has 0 aromatic heterocycles. The van der Waals surface area contributed by atoms with Gasteiger partial charge in [-0.3, -0.25) is 4.79 Å². The number of hydrogen-bond donors (Lipinski definition) is 1. The number of alkyl halides is 1. The van der Waals surface area contributed by atoms with Gasteiger partial charge >= 0.3 is 0 Å². The molecule has 1 N–H and O–H groups in total. The van der Waals surface area contributed by atoms with Gasteiger partial charge in [0.1, 0.15) is 0 Å². The summed E-state index contributed by atoms with van der Waals surface area (Å²) in [6.45, 7) is 4.11. The van der Waals surface area contributed by atoms with Crippen molar-refractivity contribution in [2.45, 2.75) is 26.3 Å². The molecule has 0 saturated heterocycles. The summed E-state index contributed by atoms with van der Waals surface area (Å²) in [4.78, 5) is 12.1. The van der Waals surface area contributed by atoms with Crippen molar-refractivity contribution in [1.82, 2.24) is 5.32 Å². The fourth-order valence-corrected chi connectivity index (χ4v) is 2.41. The lowest BCUT2D eigenvalue weighted by Crippen LogP contribution is -2.39. The molecule has 2 nitrogen and oxygen atoms in total. The van der Waals surface area contributed by atoms with E-state index in [-0.39, 0.29) is 11.9 Å². The largest absolute Gasteiger partial charge is 0.349 e. The molecule has 100 valence electrons. The molecular weight excluding hydrogens is 337 g/mol. The van der Waals surface area contributed by atoms with Gasteiger partial charge in [0.2, 0.25) is 0 Å². The Morgan fingerprint density at radius 3 is 2.67 bits per heavy atom. The second kappa shape index (κ2) is 7.37. The van der Waals surface area contributed by atoms with E-state index < -0.39 is 0 Å². The molecule has 0 fully saturated rings. The highest BCUT2D eigenvalue weighted by molar-refractivity contribution is 9.10. The number of amides is 1. The molecule has 0 aliphatic heterocycles. The summed E-state index contributed by atoms with van der Waals surface area (Å²) >= 11 is 15.1. The first-order valence-electron chi connectivity index (χ1n) is 5.77. The lowest BCUT2D eigenvalue weighted by Gasteiger charge is -2.21. The number of benzene rings is 1. The van der Waals surface area contributed by atoms with E-state index in [4.69, 9.17) is 23.2 Å². The Balaban J connectivity index is 2.83.